The van der Waals surface area contributed by atoms with Gasteiger partial charge >= 0.3 is 5.97 Å². The van der Waals surface area contributed by atoms with E-state index in [1.165, 1.54) is 5.57 Å². The second-order valence-electron chi connectivity index (χ2n) is 11.2. The Morgan fingerprint density at radius 3 is 2.66 bits per heavy atom. The van der Waals surface area contributed by atoms with Crippen LogP contribution in [0, 0.1) is 28.6 Å². The number of rotatable bonds is 6. The molecule has 4 aliphatic rings. The summed E-state index contributed by atoms with van der Waals surface area (Å²) in [6.45, 7) is 5.71. The molecule has 6 heteroatoms. The highest BCUT2D eigenvalue weighted by Crippen LogP contribution is 2.67. The highest BCUT2D eigenvalue weighted by molar-refractivity contribution is 5.92. The molecule has 0 radical (unpaired) electrons. The van der Waals surface area contributed by atoms with Crippen LogP contribution in [0.4, 0.5) is 0 Å². The van der Waals surface area contributed by atoms with Gasteiger partial charge < -0.3 is 14.9 Å². The number of Topliss-reactive ketones (excluding diaryl/α,β-unsaturated/α-hetero) is 1. The molecule has 3 saturated carbocycles. The Hall–Kier alpha value is -1.53. The molecule has 178 valence electrons. The maximum atomic E-state index is 13.1. The van der Waals surface area contributed by atoms with Gasteiger partial charge in [0.15, 0.2) is 12.4 Å². The molecule has 0 aromatic heterocycles. The van der Waals surface area contributed by atoms with Crippen molar-refractivity contribution in [1.29, 1.82) is 0 Å². The molecule has 0 spiro atoms. The Kier molecular flexibility index (Phi) is 6.17. The van der Waals surface area contributed by atoms with Crippen LogP contribution in [0.25, 0.3) is 0 Å². The Morgan fingerprint density at radius 2 is 1.94 bits per heavy atom. The summed E-state index contributed by atoms with van der Waals surface area (Å²) in [5.41, 5.74) is -1.37. The summed E-state index contributed by atoms with van der Waals surface area (Å²) in [6, 6.07) is 0. The van der Waals surface area contributed by atoms with E-state index in [4.69, 9.17) is 4.74 Å². The van der Waals surface area contributed by atoms with Crippen LogP contribution in [0.15, 0.2) is 11.6 Å². The molecule has 0 aliphatic heterocycles. The molecular formula is C26H38O6. The van der Waals surface area contributed by atoms with Crippen molar-refractivity contribution >= 4 is 17.5 Å². The normalized spacial score (nSPS) is 43.0. The van der Waals surface area contributed by atoms with Crippen LogP contribution in [0.3, 0.4) is 0 Å². The molecule has 0 aromatic rings. The summed E-state index contributed by atoms with van der Waals surface area (Å²) >= 11 is 0. The summed E-state index contributed by atoms with van der Waals surface area (Å²) in [7, 11) is 0. The fraction of sp³-hybridized carbons (Fsp3) is 0.808. The van der Waals surface area contributed by atoms with E-state index in [9.17, 15) is 24.6 Å². The second-order valence-corrected chi connectivity index (χ2v) is 11.2. The Bertz CT molecular complexity index is 832. The van der Waals surface area contributed by atoms with Crippen LogP contribution in [-0.4, -0.2) is 46.1 Å². The van der Waals surface area contributed by atoms with E-state index in [1.807, 2.05) is 19.9 Å². The van der Waals surface area contributed by atoms with E-state index in [0.717, 1.165) is 32.1 Å². The highest BCUT2D eigenvalue weighted by Gasteiger charge is 2.68. The minimum Gasteiger partial charge on any atom is -0.458 e. The Balaban J connectivity index is 1.55. The number of aliphatic hydroxyl groups is 2. The van der Waals surface area contributed by atoms with Crippen LogP contribution >= 0.6 is 0 Å². The predicted molar refractivity (Wildman–Crippen MR) is 119 cm³/mol. The zero-order chi connectivity index (χ0) is 23.3. The van der Waals surface area contributed by atoms with Crippen molar-refractivity contribution in [2.75, 3.05) is 6.61 Å². The van der Waals surface area contributed by atoms with Crippen LogP contribution in [0.5, 0.6) is 0 Å². The predicted octanol–water partition coefficient (Wildman–Crippen LogP) is 3.52. The third-order valence-corrected chi connectivity index (χ3v) is 9.61. The van der Waals surface area contributed by atoms with Gasteiger partial charge in [-0.15, -0.1) is 0 Å². The third kappa shape index (κ3) is 3.49. The van der Waals surface area contributed by atoms with Gasteiger partial charge in [-0.05, 0) is 74.2 Å². The van der Waals surface area contributed by atoms with Crippen LogP contribution in [0.2, 0.25) is 0 Å². The van der Waals surface area contributed by atoms with Gasteiger partial charge in [0.05, 0.1) is 6.10 Å². The smallest absolute Gasteiger partial charge is 0.306 e. The minimum absolute atomic E-state index is 0.0398. The van der Waals surface area contributed by atoms with E-state index in [-0.39, 0.29) is 35.4 Å². The number of ketones is 2. The maximum absolute atomic E-state index is 13.1. The quantitative estimate of drug-likeness (QED) is 0.606. The molecule has 0 heterocycles. The second kappa shape index (κ2) is 8.35. The van der Waals surface area contributed by atoms with E-state index < -0.39 is 35.5 Å². The lowest BCUT2D eigenvalue weighted by Gasteiger charge is -2.60. The van der Waals surface area contributed by atoms with Crippen molar-refractivity contribution in [2.45, 2.75) is 96.7 Å². The molecule has 32 heavy (non-hydrogen) atoms. The van der Waals surface area contributed by atoms with Crippen LogP contribution in [-0.2, 0) is 19.1 Å². The fourth-order valence-electron chi connectivity index (χ4n) is 7.81. The molecule has 0 bridgehead atoms. The summed E-state index contributed by atoms with van der Waals surface area (Å²) in [4.78, 5) is 37.1. The lowest BCUT2D eigenvalue weighted by atomic mass is 9.45. The lowest BCUT2D eigenvalue weighted by molar-refractivity contribution is -0.184. The molecule has 0 amide bonds. The third-order valence-electron chi connectivity index (χ3n) is 9.61. The van der Waals surface area contributed by atoms with Crippen LogP contribution in [0.1, 0.15) is 85.0 Å². The fourth-order valence-corrected chi connectivity index (χ4v) is 7.81. The first kappa shape index (κ1) is 23.6. The molecule has 7 atom stereocenters. The first-order chi connectivity index (χ1) is 15.1. The van der Waals surface area contributed by atoms with Gasteiger partial charge in [-0.1, -0.05) is 32.8 Å². The van der Waals surface area contributed by atoms with Gasteiger partial charge in [-0.2, -0.15) is 0 Å². The number of aliphatic hydroxyl groups excluding tert-OH is 1. The van der Waals surface area contributed by atoms with Crippen LogP contribution < -0.4 is 0 Å². The molecule has 4 aliphatic carbocycles. The van der Waals surface area contributed by atoms with Gasteiger partial charge in [0.25, 0.3) is 0 Å². The number of esters is 1. The summed E-state index contributed by atoms with van der Waals surface area (Å²) in [5.74, 6) is -0.300. The van der Waals surface area contributed by atoms with Crippen molar-refractivity contribution < 1.29 is 29.3 Å². The Morgan fingerprint density at radius 1 is 1.19 bits per heavy atom. The van der Waals surface area contributed by atoms with E-state index in [2.05, 4.69) is 6.92 Å². The Labute approximate surface area is 190 Å². The van der Waals surface area contributed by atoms with Crippen molar-refractivity contribution in [3.63, 3.8) is 0 Å². The zero-order valence-electron chi connectivity index (χ0n) is 19.7. The number of fused-ring (bicyclic) bond motifs is 5. The number of hydrogen-bond acceptors (Lipinski definition) is 6. The summed E-state index contributed by atoms with van der Waals surface area (Å²) in [5, 5.41) is 23.0. The van der Waals surface area contributed by atoms with E-state index in [0.29, 0.717) is 25.7 Å². The van der Waals surface area contributed by atoms with Crippen molar-refractivity contribution in [2.24, 2.45) is 28.6 Å². The molecular weight excluding hydrogens is 408 g/mol. The van der Waals surface area contributed by atoms with Gasteiger partial charge in [-0.25, -0.2) is 0 Å². The number of ether oxygens (including phenoxy) is 1. The highest BCUT2D eigenvalue weighted by atomic mass is 16.5. The first-order valence-corrected chi connectivity index (χ1v) is 12.4. The summed E-state index contributed by atoms with van der Waals surface area (Å²) < 4.78 is 5.19. The van der Waals surface area contributed by atoms with Gasteiger partial charge in [0, 0.05) is 18.3 Å². The topological polar surface area (TPSA) is 101 Å². The van der Waals surface area contributed by atoms with Gasteiger partial charge in [0.1, 0.15) is 5.60 Å². The molecule has 2 N–H and O–H groups in total. The van der Waals surface area contributed by atoms with E-state index in [1.54, 1.807) is 0 Å². The van der Waals surface area contributed by atoms with Crippen molar-refractivity contribution in [3.8, 4) is 0 Å². The van der Waals surface area contributed by atoms with Gasteiger partial charge in [0.2, 0.25) is 5.78 Å². The molecule has 3 unspecified atom stereocenters. The van der Waals surface area contributed by atoms with Gasteiger partial charge in [-0.3, -0.25) is 14.4 Å². The number of unbranched alkanes of at least 4 members (excludes halogenated alkanes) is 1. The minimum atomic E-state index is -1.59. The standard InChI is InChI=1S/C26H38O6/c1-4-5-6-22(30)32-15-21(29)26(31)12-10-19-18-8-7-16-13-17(27)9-11-24(16,2)23(18)20(28)14-25(19,26)3/h13,18-20,23,28,31H,4-12,14-15H2,1-3H3/t18?,19?,20-,23?,24-,25-,26-/m0/s1. The van der Waals surface area contributed by atoms with Crippen molar-refractivity contribution in [1.82, 2.24) is 0 Å². The molecule has 3 fully saturated rings. The SMILES string of the molecule is CCCCC(=O)OCC(=O)[C@@]1(O)CCC2C3CCC4=CC(=O)CC[C@]4(C)C3[C@@H](O)C[C@@]21C. The molecule has 0 aromatic carbocycles. The number of hydrogen-bond donors (Lipinski definition) is 2. The maximum Gasteiger partial charge on any atom is 0.306 e. The largest absolute Gasteiger partial charge is 0.458 e. The van der Waals surface area contributed by atoms with E-state index >= 15 is 0 Å². The zero-order valence-corrected chi connectivity index (χ0v) is 19.7. The summed E-state index contributed by atoms with van der Waals surface area (Å²) in [6.07, 6.45) is 7.43. The first-order valence-electron chi connectivity index (χ1n) is 12.4. The number of carbonyl (C=O) groups excluding carboxylic acids is 3. The molecule has 6 nitrogen and oxygen atoms in total. The number of allylic oxidation sites excluding steroid dienone is 1. The average molecular weight is 447 g/mol. The monoisotopic (exact) mass is 446 g/mol. The molecule has 4 rings (SSSR count). The molecule has 0 saturated heterocycles. The lowest BCUT2D eigenvalue weighted by Crippen LogP contribution is -2.62. The van der Waals surface area contributed by atoms with Crippen molar-refractivity contribution in [3.05, 3.63) is 11.6 Å². The average Bonchev–Trinajstić information content (AvgIpc) is 3.02. The number of carbonyl (C=O) groups is 3.